The smallest absolute Gasteiger partial charge is 0.252 e. The molecule has 0 saturated heterocycles. The van der Waals surface area contributed by atoms with Gasteiger partial charge in [-0.1, -0.05) is 50.1 Å². The van der Waals surface area contributed by atoms with Crippen molar-refractivity contribution in [3.8, 4) is 0 Å². The zero-order chi connectivity index (χ0) is 25.1. The van der Waals surface area contributed by atoms with Gasteiger partial charge in [0.1, 0.15) is 0 Å². The molecule has 1 N–H and O–H groups in total. The van der Waals surface area contributed by atoms with Gasteiger partial charge < -0.3 is 4.98 Å². The summed E-state index contributed by atoms with van der Waals surface area (Å²) in [5.41, 5.74) is 5.39. The molecule has 1 atom stereocenters. The van der Waals surface area contributed by atoms with Crippen LogP contribution in [-0.2, 0) is 19.5 Å². The Morgan fingerprint density at radius 2 is 1.83 bits per heavy atom. The van der Waals surface area contributed by atoms with E-state index >= 15 is 0 Å². The number of nitrogens with zero attached hydrogens (tertiary/aromatic N) is 5. The number of aromatic amines is 1. The maximum absolute atomic E-state index is 13.2. The number of aromatic nitrogens is 5. The zero-order valence-electron chi connectivity index (χ0n) is 21.6. The summed E-state index contributed by atoms with van der Waals surface area (Å²) >= 11 is 0. The Labute approximate surface area is 212 Å². The Balaban J connectivity index is 1.46. The normalized spacial score (nSPS) is 15.2. The lowest BCUT2D eigenvalue weighted by Gasteiger charge is -2.35. The highest BCUT2D eigenvalue weighted by molar-refractivity contribution is 5.80. The van der Waals surface area contributed by atoms with Gasteiger partial charge in [-0.25, -0.2) is 4.68 Å². The van der Waals surface area contributed by atoms with Gasteiger partial charge in [-0.3, -0.25) is 9.69 Å². The lowest BCUT2D eigenvalue weighted by atomic mass is 10.0. The largest absolute Gasteiger partial charge is 0.322 e. The maximum Gasteiger partial charge on any atom is 0.252 e. The van der Waals surface area contributed by atoms with Crippen LogP contribution in [0.5, 0.6) is 0 Å². The molecule has 36 heavy (non-hydrogen) atoms. The molecule has 5 rings (SSSR count). The van der Waals surface area contributed by atoms with Crippen molar-refractivity contribution in [3.63, 3.8) is 0 Å². The molecular formula is C29H36N6O. The monoisotopic (exact) mass is 484 g/mol. The molecule has 188 valence electrons. The van der Waals surface area contributed by atoms with Gasteiger partial charge in [-0.05, 0) is 90.2 Å². The molecule has 0 radical (unpaired) electrons. The average Bonchev–Trinajstić information content (AvgIpc) is 3.57. The molecule has 1 aliphatic rings. The Hall–Kier alpha value is -3.32. The quantitative estimate of drug-likeness (QED) is 0.350. The Bertz CT molecular complexity index is 1370. The van der Waals surface area contributed by atoms with Crippen molar-refractivity contribution in [1.29, 1.82) is 0 Å². The van der Waals surface area contributed by atoms with Crippen molar-refractivity contribution in [2.24, 2.45) is 0 Å². The molecule has 7 nitrogen and oxygen atoms in total. The molecule has 0 spiro atoms. The topological polar surface area (TPSA) is 79.7 Å². The van der Waals surface area contributed by atoms with Crippen LogP contribution in [-0.4, -0.2) is 36.1 Å². The van der Waals surface area contributed by atoms with Crippen molar-refractivity contribution in [3.05, 3.63) is 87.0 Å². The second-order valence-electron chi connectivity index (χ2n) is 10.2. The van der Waals surface area contributed by atoms with Crippen molar-refractivity contribution in [2.45, 2.75) is 84.5 Å². The number of rotatable bonds is 9. The van der Waals surface area contributed by atoms with Gasteiger partial charge in [-0.15, -0.1) is 5.10 Å². The number of aryl methyl sites for hydroxylation is 4. The second kappa shape index (κ2) is 10.7. The van der Waals surface area contributed by atoms with Gasteiger partial charge in [0.25, 0.3) is 5.56 Å². The maximum atomic E-state index is 13.2. The van der Waals surface area contributed by atoms with Gasteiger partial charge >= 0.3 is 0 Å². The number of fused-ring (bicyclic) bond motifs is 1. The Kier molecular flexibility index (Phi) is 7.28. The second-order valence-corrected chi connectivity index (χ2v) is 10.2. The number of H-pyrrole nitrogens is 1. The van der Waals surface area contributed by atoms with E-state index in [4.69, 9.17) is 0 Å². The minimum absolute atomic E-state index is 0.00716. The number of hydrogen-bond acceptors (Lipinski definition) is 5. The summed E-state index contributed by atoms with van der Waals surface area (Å²) in [7, 11) is 0. The van der Waals surface area contributed by atoms with Crippen molar-refractivity contribution >= 4 is 10.9 Å². The summed E-state index contributed by atoms with van der Waals surface area (Å²) in [6.07, 6.45) is 6.50. The van der Waals surface area contributed by atoms with E-state index < -0.39 is 0 Å². The summed E-state index contributed by atoms with van der Waals surface area (Å²) in [5, 5.41) is 14.0. The van der Waals surface area contributed by atoms with E-state index in [-0.39, 0.29) is 11.6 Å². The van der Waals surface area contributed by atoms with Crippen molar-refractivity contribution < 1.29 is 0 Å². The van der Waals surface area contributed by atoms with E-state index in [1.54, 1.807) is 0 Å². The van der Waals surface area contributed by atoms with Crippen LogP contribution in [0.1, 0.15) is 73.1 Å². The minimum atomic E-state index is -0.00716. The number of pyridine rings is 1. The molecule has 1 saturated carbocycles. The van der Waals surface area contributed by atoms with Crippen LogP contribution in [0.15, 0.2) is 53.3 Å². The highest BCUT2D eigenvalue weighted by Crippen LogP contribution is 2.33. The highest BCUT2D eigenvalue weighted by Gasteiger charge is 2.32. The third-order valence-electron chi connectivity index (χ3n) is 7.78. The van der Waals surface area contributed by atoms with Crippen molar-refractivity contribution in [1.82, 2.24) is 30.1 Å². The van der Waals surface area contributed by atoms with Gasteiger partial charge in [0.2, 0.25) is 0 Å². The minimum Gasteiger partial charge on any atom is -0.322 e. The summed E-state index contributed by atoms with van der Waals surface area (Å²) < 4.78 is 1.96. The lowest BCUT2D eigenvalue weighted by Crippen LogP contribution is -2.39. The highest BCUT2D eigenvalue weighted by atomic mass is 16.1. The zero-order valence-corrected chi connectivity index (χ0v) is 21.6. The van der Waals surface area contributed by atoms with Gasteiger partial charge in [0.15, 0.2) is 5.82 Å². The molecular weight excluding hydrogens is 448 g/mol. The van der Waals surface area contributed by atoms with Crippen LogP contribution in [0.4, 0.5) is 0 Å². The third-order valence-corrected chi connectivity index (χ3v) is 7.78. The van der Waals surface area contributed by atoms with Crippen LogP contribution in [0.25, 0.3) is 10.9 Å². The predicted molar refractivity (Wildman–Crippen MR) is 143 cm³/mol. The first kappa shape index (κ1) is 24.4. The number of nitrogens with one attached hydrogen (secondary N) is 1. The SMILES string of the molecule is CCC(c1nnnn1CCc1ccccc1)N(Cc1cc2cc(C)c(C)cc2[nH]c1=O)C1CCCC1. The summed E-state index contributed by atoms with van der Waals surface area (Å²) in [4.78, 5) is 18.8. The lowest BCUT2D eigenvalue weighted by molar-refractivity contribution is 0.112. The number of tetrazole rings is 1. The Morgan fingerprint density at radius 1 is 1.08 bits per heavy atom. The average molecular weight is 485 g/mol. The van der Waals surface area contributed by atoms with E-state index in [0.717, 1.165) is 54.5 Å². The van der Waals surface area contributed by atoms with E-state index in [1.807, 2.05) is 10.7 Å². The number of benzene rings is 2. The molecule has 2 heterocycles. The van der Waals surface area contributed by atoms with E-state index in [1.165, 1.54) is 29.5 Å². The van der Waals surface area contributed by atoms with Crippen LogP contribution < -0.4 is 5.56 Å². The van der Waals surface area contributed by atoms with Gasteiger partial charge in [0.05, 0.1) is 6.04 Å². The first-order valence-electron chi connectivity index (χ1n) is 13.2. The molecule has 1 fully saturated rings. The van der Waals surface area contributed by atoms with E-state index in [2.05, 4.69) is 88.6 Å². The molecule has 7 heteroatoms. The molecule has 1 unspecified atom stereocenters. The molecule has 4 aromatic rings. The van der Waals surface area contributed by atoms with Crippen LogP contribution in [0, 0.1) is 13.8 Å². The van der Waals surface area contributed by atoms with Crippen LogP contribution in [0.2, 0.25) is 0 Å². The van der Waals surface area contributed by atoms with Crippen molar-refractivity contribution in [2.75, 3.05) is 0 Å². The summed E-state index contributed by atoms with van der Waals surface area (Å²) in [5.74, 6) is 0.893. The summed E-state index contributed by atoms with van der Waals surface area (Å²) in [6.45, 7) is 7.71. The molecule has 0 aliphatic heterocycles. The molecule has 1 aliphatic carbocycles. The number of hydrogen-bond donors (Lipinski definition) is 1. The third kappa shape index (κ3) is 5.12. The molecule has 0 amide bonds. The van der Waals surface area contributed by atoms with E-state index in [9.17, 15) is 4.79 Å². The van der Waals surface area contributed by atoms with Gasteiger partial charge in [0, 0.05) is 30.2 Å². The summed E-state index contributed by atoms with van der Waals surface area (Å²) in [6, 6.07) is 17.2. The first-order chi connectivity index (χ1) is 17.5. The van der Waals surface area contributed by atoms with E-state index in [0.29, 0.717) is 12.6 Å². The van der Waals surface area contributed by atoms with Crippen LogP contribution in [0.3, 0.4) is 0 Å². The molecule has 0 bridgehead atoms. The molecule has 2 aromatic heterocycles. The fourth-order valence-electron chi connectivity index (χ4n) is 5.62. The first-order valence-corrected chi connectivity index (χ1v) is 13.2. The fourth-order valence-corrected chi connectivity index (χ4v) is 5.62. The standard InChI is InChI=1S/C29H36N6O/c1-4-27(28-31-32-33-35(28)15-14-22-10-6-5-7-11-22)34(25-12-8-9-13-25)19-24-18-23-16-20(2)21(3)17-26(23)30-29(24)36/h5-7,10-11,16-18,25,27H,4,8-9,12-15,19H2,1-3H3,(H,30,36). The fraction of sp³-hybridized carbons (Fsp3) is 0.448. The predicted octanol–water partition coefficient (Wildman–Crippen LogP) is 5.27. The molecule has 2 aromatic carbocycles. The van der Waals surface area contributed by atoms with Crippen LogP contribution >= 0.6 is 0 Å². The van der Waals surface area contributed by atoms with Gasteiger partial charge in [-0.2, -0.15) is 0 Å². The Morgan fingerprint density at radius 3 is 2.58 bits per heavy atom.